The molecule has 0 saturated heterocycles. The van der Waals surface area contributed by atoms with Crippen molar-refractivity contribution >= 4 is 10.9 Å². The number of rotatable bonds is 7. The van der Waals surface area contributed by atoms with Crippen molar-refractivity contribution in [2.45, 2.75) is 18.3 Å². The van der Waals surface area contributed by atoms with Crippen molar-refractivity contribution in [3.05, 3.63) is 212 Å². The smallest absolute Gasteiger partial charge is 0.164 e. The number of nitrogens with zero attached hydrogens (tertiary/aromatic N) is 5. The Morgan fingerprint density at radius 2 is 0.869 bits per heavy atom. The zero-order valence-electron chi connectivity index (χ0n) is 33.2. The molecule has 5 nitrogen and oxygen atoms in total. The number of hydrogen-bond donors (Lipinski definition) is 0. The molecule has 2 unspecified atom stereocenters. The molecule has 0 spiro atoms. The standard InChI is InChI=1S/C56H37N5/c1-3-10-35(11-4-1)36-24-28-42(29-25-36)55-59-54(41-12-5-2-6-13-41)60-56(61-55)44-15-9-14-43(30-44)39-20-18-37(19-21-39)38-22-26-40(27-23-38)48-31-45-33-57-34-58-53(45)52-47-17-8-7-16-46(47)49-32-50(49)51(48)52/h1-31,33-34,49-50H,32H2. The molecule has 10 aromatic rings. The maximum absolute atomic E-state index is 5.05. The molecular weight excluding hydrogens is 743 g/mol. The van der Waals surface area contributed by atoms with Gasteiger partial charge in [0, 0.05) is 33.8 Å². The Labute approximate surface area is 354 Å². The second kappa shape index (κ2) is 14.4. The zero-order valence-corrected chi connectivity index (χ0v) is 33.2. The van der Waals surface area contributed by atoms with Gasteiger partial charge >= 0.3 is 0 Å². The van der Waals surface area contributed by atoms with Gasteiger partial charge in [-0.25, -0.2) is 24.9 Å². The highest BCUT2D eigenvalue weighted by molar-refractivity contribution is 6.02. The maximum atomic E-state index is 5.05. The van der Waals surface area contributed by atoms with Gasteiger partial charge in [-0.15, -0.1) is 0 Å². The van der Waals surface area contributed by atoms with Crippen LogP contribution in [0.4, 0.5) is 0 Å². The highest BCUT2D eigenvalue weighted by atomic mass is 15.0. The van der Waals surface area contributed by atoms with Crippen molar-refractivity contribution in [2.24, 2.45) is 0 Å². The lowest BCUT2D eigenvalue weighted by Crippen LogP contribution is -2.03. The molecule has 2 aromatic heterocycles. The minimum Gasteiger partial charge on any atom is -0.244 e. The highest BCUT2D eigenvalue weighted by Gasteiger charge is 2.47. The molecule has 0 bridgehead atoms. The van der Waals surface area contributed by atoms with E-state index in [1.54, 1.807) is 6.33 Å². The minimum atomic E-state index is 0.528. The van der Waals surface area contributed by atoms with Gasteiger partial charge in [-0.05, 0) is 91.6 Å². The molecule has 286 valence electrons. The fourth-order valence-electron chi connectivity index (χ4n) is 9.28. The van der Waals surface area contributed by atoms with E-state index >= 15 is 0 Å². The molecule has 12 rings (SSSR count). The topological polar surface area (TPSA) is 64.5 Å². The number of benzene rings is 8. The largest absolute Gasteiger partial charge is 0.244 e. The van der Waals surface area contributed by atoms with Crippen molar-refractivity contribution in [3.63, 3.8) is 0 Å². The molecule has 5 heteroatoms. The summed E-state index contributed by atoms with van der Waals surface area (Å²) in [6.07, 6.45) is 4.82. The summed E-state index contributed by atoms with van der Waals surface area (Å²) in [5.74, 6) is 3.04. The summed E-state index contributed by atoms with van der Waals surface area (Å²) in [5, 5.41) is 1.08. The van der Waals surface area contributed by atoms with Crippen LogP contribution in [0.1, 0.15) is 29.4 Å². The fraction of sp³-hybridized carbons (Fsp3) is 0.0536. The summed E-state index contributed by atoms with van der Waals surface area (Å²) in [5.41, 5.74) is 18.8. The molecule has 0 radical (unpaired) electrons. The quantitative estimate of drug-likeness (QED) is 0.161. The summed E-state index contributed by atoms with van der Waals surface area (Å²) in [6.45, 7) is 0. The molecule has 2 aliphatic carbocycles. The lowest BCUT2D eigenvalue weighted by atomic mass is 9.80. The van der Waals surface area contributed by atoms with E-state index in [1.165, 1.54) is 56.5 Å². The lowest BCUT2D eigenvalue weighted by molar-refractivity contribution is 1.01. The molecular formula is C56H37N5. The third-order valence-electron chi connectivity index (χ3n) is 12.4. The van der Waals surface area contributed by atoms with E-state index in [2.05, 4.69) is 157 Å². The predicted octanol–water partition coefficient (Wildman–Crippen LogP) is 13.7. The minimum absolute atomic E-state index is 0.528. The van der Waals surface area contributed by atoms with Crippen molar-refractivity contribution in [3.8, 4) is 89.8 Å². The van der Waals surface area contributed by atoms with Crippen LogP contribution < -0.4 is 0 Å². The van der Waals surface area contributed by atoms with Crippen LogP contribution in [0, 0.1) is 0 Å². The first-order valence-electron chi connectivity index (χ1n) is 20.9. The van der Waals surface area contributed by atoms with E-state index in [1.807, 2.05) is 42.6 Å². The molecule has 2 aliphatic rings. The van der Waals surface area contributed by atoms with Crippen LogP contribution in [0.3, 0.4) is 0 Å². The Kier molecular flexibility index (Phi) is 8.30. The van der Waals surface area contributed by atoms with Crippen molar-refractivity contribution in [2.75, 3.05) is 0 Å². The average Bonchev–Trinajstić information content (AvgIpc) is 4.16. The zero-order chi connectivity index (χ0) is 40.3. The van der Waals surface area contributed by atoms with Crippen LogP contribution in [0.15, 0.2) is 201 Å². The van der Waals surface area contributed by atoms with Gasteiger partial charge in [0.1, 0.15) is 6.33 Å². The van der Waals surface area contributed by atoms with Crippen molar-refractivity contribution < 1.29 is 0 Å². The summed E-state index contributed by atoms with van der Waals surface area (Å²) >= 11 is 0. The van der Waals surface area contributed by atoms with Crippen molar-refractivity contribution in [1.29, 1.82) is 0 Å². The monoisotopic (exact) mass is 779 g/mol. The van der Waals surface area contributed by atoms with Crippen LogP contribution in [0.5, 0.6) is 0 Å². The Morgan fingerprint density at radius 1 is 0.377 bits per heavy atom. The summed E-state index contributed by atoms with van der Waals surface area (Å²) in [7, 11) is 0. The van der Waals surface area contributed by atoms with E-state index in [4.69, 9.17) is 19.9 Å². The van der Waals surface area contributed by atoms with E-state index < -0.39 is 0 Å². The number of aromatic nitrogens is 5. The summed E-state index contributed by atoms with van der Waals surface area (Å²) < 4.78 is 0. The molecule has 2 atom stereocenters. The molecule has 0 aliphatic heterocycles. The molecule has 8 aromatic carbocycles. The van der Waals surface area contributed by atoms with Gasteiger partial charge in [0.2, 0.25) is 0 Å². The Bertz CT molecular complexity index is 3250. The van der Waals surface area contributed by atoms with E-state index in [-0.39, 0.29) is 0 Å². The van der Waals surface area contributed by atoms with E-state index in [9.17, 15) is 0 Å². The molecule has 1 fully saturated rings. The average molecular weight is 780 g/mol. The van der Waals surface area contributed by atoms with Crippen molar-refractivity contribution in [1.82, 2.24) is 24.9 Å². The van der Waals surface area contributed by atoms with Crippen LogP contribution in [0.25, 0.3) is 101 Å². The number of hydrogen-bond acceptors (Lipinski definition) is 5. The van der Waals surface area contributed by atoms with Gasteiger partial charge < -0.3 is 0 Å². The van der Waals surface area contributed by atoms with Gasteiger partial charge in [-0.1, -0.05) is 176 Å². The highest BCUT2D eigenvalue weighted by Crippen LogP contribution is 2.64. The second-order valence-corrected chi connectivity index (χ2v) is 16.1. The first-order valence-corrected chi connectivity index (χ1v) is 20.9. The Balaban J connectivity index is 0.850. The molecule has 0 amide bonds. The molecule has 0 N–H and O–H groups in total. The molecule has 1 saturated carbocycles. The van der Waals surface area contributed by atoms with Crippen LogP contribution >= 0.6 is 0 Å². The second-order valence-electron chi connectivity index (χ2n) is 16.1. The van der Waals surface area contributed by atoms with Crippen LogP contribution in [0.2, 0.25) is 0 Å². The number of fused-ring (bicyclic) bond motifs is 8. The van der Waals surface area contributed by atoms with Gasteiger partial charge in [0.25, 0.3) is 0 Å². The van der Waals surface area contributed by atoms with Gasteiger partial charge in [0.15, 0.2) is 17.5 Å². The predicted molar refractivity (Wildman–Crippen MR) is 247 cm³/mol. The van der Waals surface area contributed by atoms with Gasteiger partial charge in [-0.3, -0.25) is 0 Å². The van der Waals surface area contributed by atoms with E-state index in [0.29, 0.717) is 29.3 Å². The third kappa shape index (κ3) is 6.30. The molecule has 61 heavy (non-hydrogen) atoms. The van der Waals surface area contributed by atoms with Gasteiger partial charge in [0.05, 0.1) is 5.52 Å². The fourth-order valence-corrected chi connectivity index (χ4v) is 9.28. The molecule has 2 heterocycles. The first kappa shape index (κ1) is 35.1. The van der Waals surface area contributed by atoms with E-state index in [0.717, 1.165) is 44.3 Å². The van der Waals surface area contributed by atoms with Crippen LogP contribution in [-0.4, -0.2) is 24.9 Å². The van der Waals surface area contributed by atoms with Gasteiger partial charge in [-0.2, -0.15) is 0 Å². The Hall–Kier alpha value is -7.89. The summed E-state index contributed by atoms with van der Waals surface area (Å²) in [6, 6.07) is 66.5. The normalized spacial score (nSPS) is 14.8. The first-order chi connectivity index (χ1) is 30.2. The Morgan fingerprint density at radius 3 is 1.54 bits per heavy atom. The summed E-state index contributed by atoms with van der Waals surface area (Å²) in [4.78, 5) is 24.2. The maximum Gasteiger partial charge on any atom is 0.164 e. The van der Waals surface area contributed by atoms with Crippen LogP contribution in [-0.2, 0) is 0 Å². The third-order valence-corrected chi connectivity index (χ3v) is 12.4. The SMILES string of the molecule is c1ccc(-c2ccc(-c3nc(-c4ccccc4)nc(-c4cccc(-c5ccc(-c6ccc(-c7cc8cncnc8c8c7C7CC7c7ccccc7-8)cc6)cc5)c4)n3)cc2)cc1. The lowest BCUT2D eigenvalue weighted by Gasteiger charge is -2.24.